The Hall–Kier alpha value is -2.69. The van der Waals surface area contributed by atoms with Crippen molar-refractivity contribution in [2.75, 3.05) is 48.8 Å². The van der Waals surface area contributed by atoms with E-state index in [0.717, 1.165) is 18.7 Å². The first-order valence-electron chi connectivity index (χ1n) is 10.1. The summed E-state index contributed by atoms with van der Waals surface area (Å²) in [6.45, 7) is 3.12. The highest BCUT2D eigenvalue weighted by Gasteiger charge is 2.15. The van der Waals surface area contributed by atoms with Crippen LogP contribution in [0.15, 0.2) is 47.8 Å². The second-order valence-electron chi connectivity index (χ2n) is 7.29. The number of benzene rings is 2. The second-order valence-corrected chi connectivity index (χ2v) is 9.02. The predicted octanol–water partition coefficient (Wildman–Crippen LogP) is 5.03. The summed E-state index contributed by atoms with van der Waals surface area (Å²) in [6.07, 6.45) is 0. The molecule has 1 aromatic heterocycles. The van der Waals surface area contributed by atoms with Gasteiger partial charge in [0.15, 0.2) is 5.13 Å². The number of aromatic nitrogens is 1. The summed E-state index contributed by atoms with van der Waals surface area (Å²) in [5.41, 5.74) is 2.67. The van der Waals surface area contributed by atoms with Crippen LogP contribution >= 0.6 is 34.5 Å². The molecule has 3 N–H and O–H groups in total. The van der Waals surface area contributed by atoms with E-state index >= 15 is 0 Å². The van der Waals surface area contributed by atoms with E-state index in [2.05, 4.69) is 25.8 Å². The van der Waals surface area contributed by atoms with Gasteiger partial charge in [-0.1, -0.05) is 35.3 Å². The summed E-state index contributed by atoms with van der Waals surface area (Å²) in [4.78, 5) is 31.2. The molecule has 1 saturated heterocycles. The summed E-state index contributed by atoms with van der Waals surface area (Å²) >= 11 is 13.2. The third-order valence-electron chi connectivity index (χ3n) is 4.76. The first-order chi connectivity index (χ1) is 15.9. The number of ether oxygens (including phenoxy) is 1. The van der Waals surface area contributed by atoms with E-state index in [4.69, 9.17) is 27.9 Å². The molecule has 2 aromatic carbocycles. The summed E-state index contributed by atoms with van der Waals surface area (Å²) in [5, 5.41) is 11.4. The molecule has 1 fully saturated rings. The molecular weight excluding hydrogens is 485 g/mol. The molecular formula is C22H21Cl2N5O3S. The highest BCUT2D eigenvalue weighted by atomic mass is 35.5. The Kier molecular flexibility index (Phi) is 7.79. The summed E-state index contributed by atoms with van der Waals surface area (Å²) in [5.74, 6) is -0.0764. The van der Waals surface area contributed by atoms with Crippen molar-refractivity contribution in [3.63, 3.8) is 0 Å². The van der Waals surface area contributed by atoms with Crippen molar-refractivity contribution >= 4 is 63.0 Å². The normalized spacial score (nSPS) is 14.0. The maximum Gasteiger partial charge on any atom is 0.325 e. The Bertz CT molecular complexity index is 1130. The highest BCUT2D eigenvalue weighted by Crippen LogP contribution is 2.27. The number of halogens is 2. The van der Waals surface area contributed by atoms with E-state index in [1.807, 2.05) is 29.6 Å². The SMILES string of the molecule is O=C(CN1CCOCC1)Nc1cccc(-c2csc(NC(=O)Nc3cc(Cl)cc(Cl)c3)n2)c1. The molecule has 0 unspecified atom stereocenters. The van der Waals surface area contributed by atoms with Crippen LogP contribution in [0.3, 0.4) is 0 Å². The minimum Gasteiger partial charge on any atom is -0.379 e. The molecule has 0 aliphatic carbocycles. The molecule has 3 aromatic rings. The monoisotopic (exact) mass is 505 g/mol. The average Bonchev–Trinajstić information content (AvgIpc) is 3.22. The molecule has 3 amide bonds. The van der Waals surface area contributed by atoms with Crippen molar-refractivity contribution in [1.82, 2.24) is 9.88 Å². The molecule has 0 spiro atoms. The first kappa shape index (κ1) is 23.5. The predicted molar refractivity (Wildman–Crippen MR) is 133 cm³/mol. The fourth-order valence-corrected chi connectivity index (χ4v) is 4.51. The van der Waals surface area contributed by atoms with Crippen LogP contribution in [0.2, 0.25) is 10.0 Å². The van der Waals surface area contributed by atoms with Gasteiger partial charge in [0.1, 0.15) is 0 Å². The Morgan fingerprint density at radius 2 is 1.76 bits per heavy atom. The van der Waals surface area contributed by atoms with Gasteiger partial charge in [-0.3, -0.25) is 15.0 Å². The molecule has 1 aliphatic rings. The van der Waals surface area contributed by atoms with E-state index in [1.54, 1.807) is 18.2 Å². The quantitative estimate of drug-likeness (QED) is 0.436. The first-order valence-corrected chi connectivity index (χ1v) is 11.8. The fraction of sp³-hybridized carbons (Fsp3) is 0.227. The van der Waals surface area contributed by atoms with Gasteiger partial charge in [0.25, 0.3) is 0 Å². The Balaban J connectivity index is 1.35. The maximum absolute atomic E-state index is 12.4. The third-order valence-corrected chi connectivity index (χ3v) is 5.95. The number of morpholine rings is 1. The van der Waals surface area contributed by atoms with Crippen molar-refractivity contribution in [1.29, 1.82) is 0 Å². The minimum atomic E-state index is -0.460. The molecule has 0 atom stereocenters. The lowest BCUT2D eigenvalue weighted by molar-refractivity contribution is -0.118. The standard InChI is InChI=1S/C22H21Cl2N5O3S/c23-15-9-16(24)11-18(10-15)26-21(31)28-22-27-19(13-33-22)14-2-1-3-17(8-14)25-20(30)12-29-4-6-32-7-5-29/h1-3,8-11,13H,4-7,12H2,(H,25,30)(H2,26,27,28,31). The van der Waals surface area contributed by atoms with Crippen LogP contribution in [0.4, 0.5) is 21.3 Å². The van der Waals surface area contributed by atoms with Gasteiger partial charge in [0.2, 0.25) is 5.91 Å². The second kappa shape index (κ2) is 11.0. The zero-order valence-electron chi connectivity index (χ0n) is 17.4. The van der Waals surface area contributed by atoms with Crippen LogP contribution in [0, 0.1) is 0 Å². The van der Waals surface area contributed by atoms with Crippen LogP contribution in [-0.2, 0) is 9.53 Å². The van der Waals surface area contributed by atoms with E-state index in [0.29, 0.717) is 52.0 Å². The van der Waals surface area contributed by atoms with Crippen LogP contribution in [0.25, 0.3) is 11.3 Å². The lowest BCUT2D eigenvalue weighted by Crippen LogP contribution is -2.41. The number of nitrogens with one attached hydrogen (secondary N) is 3. The summed E-state index contributed by atoms with van der Waals surface area (Å²) < 4.78 is 5.31. The molecule has 172 valence electrons. The van der Waals surface area contributed by atoms with Crippen molar-refractivity contribution in [2.45, 2.75) is 0 Å². The maximum atomic E-state index is 12.4. The van der Waals surface area contributed by atoms with Gasteiger partial charge >= 0.3 is 6.03 Å². The lowest BCUT2D eigenvalue weighted by atomic mass is 10.1. The highest BCUT2D eigenvalue weighted by molar-refractivity contribution is 7.14. The third kappa shape index (κ3) is 6.89. The number of amides is 3. The molecule has 4 rings (SSSR count). The van der Waals surface area contributed by atoms with E-state index in [9.17, 15) is 9.59 Å². The summed E-state index contributed by atoms with van der Waals surface area (Å²) in [6, 6.07) is 11.7. The van der Waals surface area contributed by atoms with Gasteiger partial charge in [-0.2, -0.15) is 0 Å². The number of carbonyl (C=O) groups excluding carboxylic acids is 2. The lowest BCUT2D eigenvalue weighted by Gasteiger charge is -2.25. The Morgan fingerprint density at radius 3 is 2.52 bits per heavy atom. The van der Waals surface area contributed by atoms with Crippen LogP contribution in [0.1, 0.15) is 0 Å². The molecule has 0 bridgehead atoms. The fourth-order valence-electron chi connectivity index (χ4n) is 3.27. The largest absolute Gasteiger partial charge is 0.379 e. The Labute approximate surface area is 204 Å². The molecule has 0 saturated carbocycles. The molecule has 11 heteroatoms. The topological polar surface area (TPSA) is 95.6 Å². The van der Waals surface area contributed by atoms with Crippen molar-refractivity contribution in [3.05, 3.63) is 57.9 Å². The number of hydrogen-bond donors (Lipinski definition) is 3. The van der Waals surface area contributed by atoms with Gasteiger partial charge in [-0.15, -0.1) is 11.3 Å². The smallest absolute Gasteiger partial charge is 0.325 e. The number of rotatable bonds is 6. The minimum absolute atomic E-state index is 0.0764. The van der Waals surface area contributed by atoms with Crippen LogP contribution in [-0.4, -0.2) is 54.7 Å². The number of carbonyl (C=O) groups is 2. The molecule has 2 heterocycles. The van der Waals surface area contributed by atoms with Gasteiger partial charge in [-0.05, 0) is 30.3 Å². The van der Waals surface area contributed by atoms with E-state index in [1.165, 1.54) is 11.3 Å². The summed E-state index contributed by atoms with van der Waals surface area (Å²) in [7, 11) is 0. The number of urea groups is 1. The van der Waals surface area contributed by atoms with Crippen molar-refractivity contribution < 1.29 is 14.3 Å². The molecule has 33 heavy (non-hydrogen) atoms. The number of hydrogen-bond acceptors (Lipinski definition) is 6. The van der Waals surface area contributed by atoms with Crippen LogP contribution in [0.5, 0.6) is 0 Å². The van der Waals surface area contributed by atoms with Gasteiger partial charge in [0, 0.05) is 45.5 Å². The average molecular weight is 506 g/mol. The van der Waals surface area contributed by atoms with Crippen LogP contribution < -0.4 is 16.0 Å². The molecule has 8 nitrogen and oxygen atoms in total. The van der Waals surface area contributed by atoms with E-state index < -0.39 is 6.03 Å². The molecule has 1 aliphatic heterocycles. The van der Waals surface area contributed by atoms with Crippen molar-refractivity contribution in [3.8, 4) is 11.3 Å². The van der Waals surface area contributed by atoms with Gasteiger partial charge in [-0.25, -0.2) is 9.78 Å². The zero-order valence-corrected chi connectivity index (χ0v) is 19.8. The van der Waals surface area contributed by atoms with Gasteiger partial charge in [0.05, 0.1) is 25.5 Å². The van der Waals surface area contributed by atoms with E-state index in [-0.39, 0.29) is 5.91 Å². The van der Waals surface area contributed by atoms with Gasteiger partial charge < -0.3 is 15.4 Å². The number of anilines is 3. The number of thiazole rings is 1. The zero-order chi connectivity index (χ0) is 23.2. The molecule has 0 radical (unpaired) electrons. The number of nitrogens with zero attached hydrogens (tertiary/aromatic N) is 2. The van der Waals surface area contributed by atoms with Crippen molar-refractivity contribution in [2.24, 2.45) is 0 Å². The Morgan fingerprint density at radius 1 is 1.00 bits per heavy atom.